The maximum Gasteiger partial charge on any atom is 0.251 e. The number of hydrogen-bond acceptors (Lipinski definition) is 2. The van der Waals surface area contributed by atoms with Crippen LogP contribution >= 0.6 is 15.9 Å². The minimum absolute atomic E-state index is 0.0886. The Labute approximate surface area is 133 Å². The number of aliphatic imine (C=N–C) groups is 1. The van der Waals surface area contributed by atoms with E-state index in [1.165, 1.54) is 19.3 Å². The molecule has 0 saturated heterocycles. The first-order chi connectivity index (χ1) is 10.1. The summed E-state index contributed by atoms with van der Waals surface area (Å²) < 4.78 is 0.955. The van der Waals surface area contributed by atoms with Crippen molar-refractivity contribution >= 4 is 27.8 Å². The molecule has 0 radical (unpaired) electrons. The van der Waals surface area contributed by atoms with E-state index in [2.05, 4.69) is 31.6 Å². The van der Waals surface area contributed by atoms with Crippen LogP contribution < -0.4 is 16.4 Å². The molecule has 0 spiro atoms. The fourth-order valence-electron chi connectivity index (χ4n) is 2.03. The number of carbonyl (C=O) groups is 1. The van der Waals surface area contributed by atoms with Crippen LogP contribution in [-0.4, -0.2) is 31.5 Å². The van der Waals surface area contributed by atoms with Crippen LogP contribution in [0.5, 0.6) is 0 Å². The van der Waals surface area contributed by atoms with Crippen LogP contribution in [0, 0.1) is 5.92 Å². The molecule has 0 unspecified atom stereocenters. The first-order valence-electron chi connectivity index (χ1n) is 7.22. The van der Waals surface area contributed by atoms with E-state index in [1.54, 1.807) is 12.1 Å². The molecule has 0 aromatic heterocycles. The van der Waals surface area contributed by atoms with Gasteiger partial charge in [-0.05, 0) is 43.0 Å². The summed E-state index contributed by atoms with van der Waals surface area (Å²) in [5, 5.41) is 5.84. The van der Waals surface area contributed by atoms with Crippen LogP contribution in [0.1, 0.15) is 29.6 Å². The lowest BCUT2D eigenvalue weighted by atomic mass is 9.86. The molecule has 1 aromatic carbocycles. The molecule has 5 nitrogen and oxygen atoms in total. The first-order valence-corrected chi connectivity index (χ1v) is 8.02. The molecule has 0 heterocycles. The summed E-state index contributed by atoms with van der Waals surface area (Å²) in [7, 11) is 0. The Bertz CT molecular complexity index is 497. The Morgan fingerprint density at radius 1 is 1.24 bits per heavy atom. The number of nitrogens with two attached hydrogens (primary N) is 1. The summed E-state index contributed by atoms with van der Waals surface area (Å²) in [4.78, 5) is 16.1. The van der Waals surface area contributed by atoms with E-state index in [0.717, 1.165) is 11.0 Å². The van der Waals surface area contributed by atoms with Gasteiger partial charge in [0.2, 0.25) is 0 Å². The minimum atomic E-state index is -0.0886. The normalized spacial score (nSPS) is 15.4. The van der Waals surface area contributed by atoms with Crippen molar-refractivity contribution in [3.63, 3.8) is 0 Å². The molecule has 1 saturated carbocycles. The summed E-state index contributed by atoms with van der Waals surface area (Å²) in [5.74, 6) is 1.08. The number of rotatable bonds is 6. The van der Waals surface area contributed by atoms with E-state index >= 15 is 0 Å². The average molecular weight is 353 g/mol. The smallest absolute Gasteiger partial charge is 0.251 e. The Kier molecular flexibility index (Phi) is 6.04. The molecular formula is C15H21BrN4O. The molecule has 0 bridgehead atoms. The van der Waals surface area contributed by atoms with Crippen LogP contribution in [0.2, 0.25) is 0 Å². The van der Waals surface area contributed by atoms with Gasteiger partial charge in [-0.3, -0.25) is 9.79 Å². The lowest BCUT2D eigenvalue weighted by molar-refractivity contribution is 0.0954. The Morgan fingerprint density at radius 2 is 1.90 bits per heavy atom. The third kappa shape index (κ3) is 5.38. The largest absolute Gasteiger partial charge is 0.370 e. The second-order valence-electron chi connectivity index (χ2n) is 5.21. The molecule has 1 aliphatic rings. The van der Waals surface area contributed by atoms with Crippen molar-refractivity contribution in [2.75, 3.05) is 19.6 Å². The first kappa shape index (κ1) is 15.8. The van der Waals surface area contributed by atoms with E-state index in [0.29, 0.717) is 30.5 Å². The van der Waals surface area contributed by atoms with Crippen LogP contribution in [-0.2, 0) is 0 Å². The van der Waals surface area contributed by atoms with Crippen molar-refractivity contribution in [3.8, 4) is 0 Å². The summed E-state index contributed by atoms with van der Waals surface area (Å²) in [6.07, 6.45) is 3.84. The lowest BCUT2D eigenvalue weighted by Gasteiger charge is -2.23. The van der Waals surface area contributed by atoms with Crippen molar-refractivity contribution < 1.29 is 4.79 Å². The summed E-state index contributed by atoms with van der Waals surface area (Å²) in [6.45, 7) is 1.89. The summed E-state index contributed by atoms with van der Waals surface area (Å²) in [6, 6.07) is 7.25. The highest BCUT2D eigenvalue weighted by Gasteiger charge is 2.16. The van der Waals surface area contributed by atoms with Gasteiger partial charge >= 0.3 is 0 Å². The van der Waals surface area contributed by atoms with E-state index in [9.17, 15) is 4.79 Å². The van der Waals surface area contributed by atoms with Gasteiger partial charge in [-0.2, -0.15) is 0 Å². The van der Waals surface area contributed by atoms with Gasteiger partial charge in [0.15, 0.2) is 5.96 Å². The second-order valence-corrected chi connectivity index (χ2v) is 6.13. The monoisotopic (exact) mass is 352 g/mol. The van der Waals surface area contributed by atoms with Gasteiger partial charge in [0.1, 0.15) is 0 Å². The van der Waals surface area contributed by atoms with E-state index in [4.69, 9.17) is 5.73 Å². The van der Waals surface area contributed by atoms with E-state index in [1.807, 2.05) is 12.1 Å². The molecule has 114 valence electrons. The van der Waals surface area contributed by atoms with Gasteiger partial charge in [0.05, 0.1) is 0 Å². The molecule has 1 amide bonds. The third-order valence-corrected chi connectivity index (χ3v) is 4.10. The van der Waals surface area contributed by atoms with Crippen molar-refractivity contribution in [1.82, 2.24) is 10.6 Å². The zero-order valence-corrected chi connectivity index (χ0v) is 13.5. The molecule has 21 heavy (non-hydrogen) atoms. The van der Waals surface area contributed by atoms with E-state index < -0.39 is 0 Å². The number of nitrogens with one attached hydrogen (secondary N) is 2. The Balaban J connectivity index is 1.62. The minimum Gasteiger partial charge on any atom is -0.370 e. The zero-order chi connectivity index (χ0) is 15.1. The fraction of sp³-hybridized carbons (Fsp3) is 0.467. The molecule has 1 fully saturated rings. The predicted octanol–water partition coefficient (Wildman–Crippen LogP) is 1.88. The molecule has 0 atom stereocenters. The van der Waals surface area contributed by atoms with Gasteiger partial charge in [0, 0.05) is 29.7 Å². The molecule has 0 aliphatic heterocycles. The van der Waals surface area contributed by atoms with Gasteiger partial charge in [-0.1, -0.05) is 22.4 Å². The molecule has 2 rings (SSSR count). The Morgan fingerprint density at radius 3 is 2.52 bits per heavy atom. The van der Waals surface area contributed by atoms with Gasteiger partial charge in [0.25, 0.3) is 5.91 Å². The van der Waals surface area contributed by atoms with E-state index in [-0.39, 0.29) is 5.91 Å². The Hall–Kier alpha value is -1.56. The maximum atomic E-state index is 11.8. The van der Waals surface area contributed by atoms with Crippen molar-refractivity contribution in [1.29, 1.82) is 0 Å². The lowest BCUT2D eigenvalue weighted by Crippen LogP contribution is -2.38. The number of nitrogens with zero attached hydrogens (tertiary/aromatic N) is 1. The fourth-order valence-corrected chi connectivity index (χ4v) is 2.29. The van der Waals surface area contributed by atoms with Crippen LogP contribution in [0.4, 0.5) is 0 Å². The highest BCUT2D eigenvalue weighted by molar-refractivity contribution is 9.10. The molecule has 4 N–H and O–H groups in total. The van der Waals surface area contributed by atoms with Crippen molar-refractivity contribution in [3.05, 3.63) is 34.3 Å². The van der Waals surface area contributed by atoms with Gasteiger partial charge in [-0.25, -0.2) is 0 Å². The van der Waals surface area contributed by atoms with Crippen LogP contribution in [0.25, 0.3) is 0 Å². The maximum absolute atomic E-state index is 11.8. The predicted molar refractivity (Wildman–Crippen MR) is 88.3 cm³/mol. The summed E-state index contributed by atoms with van der Waals surface area (Å²) >= 11 is 3.34. The SMILES string of the molecule is NC(=NCC1CCC1)NCCNC(=O)c1ccc(Br)cc1. The van der Waals surface area contributed by atoms with Gasteiger partial charge < -0.3 is 16.4 Å². The quantitative estimate of drug-likeness (QED) is 0.415. The highest BCUT2D eigenvalue weighted by Crippen LogP contribution is 2.26. The number of carbonyl (C=O) groups excluding carboxylic acids is 1. The summed E-state index contributed by atoms with van der Waals surface area (Å²) in [5.41, 5.74) is 6.41. The number of benzene rings is 1. The van der Waals surface area contributed by atoms with Gasteiger partial charge in [-0.15, -0.1) is 0 Å². The van der Waals surface area contributed by atoms with Crippen LogP contribution in [0.15, 0.2) is 33.7 Å². The third-order valence-electron chi connectivity index (χ3n) is 3.57. The zero-order valence-electron chi connectivity index (χ0n) is 11.9. The number of guanidine groups is 1. The number of amides is 1. The second kappa shape index (κ2) is 8.02. The highest BCUT2D eigenvalue weighted by atomic mass is 79.9. The molecular weight excluding hydrogens is 332 g/mol. The number of halogens is 1. The average Bonchev–Trinajstić information content (AvgIpc) is 2.42. The molecule has 6 heteroatoms. The topological polar surface area (TPSA) is 79.5 Å². The van der Waals surface area contributed by atoms with Crippen LogP contribution in [0.3, 0.4) is 0 Å². The molecule has 1 aromatic rings. The van der Waals surface area contributed by atoms with Crippen molar-refractivity contribution in [2.45, 2.75) is 19.3 Å². The standard InChI is InChI=1S/C15H21BrN4O/c16-13-6-4-12(5-7-13)14(21)18-8-9-19-15(17)20-10-11-2-1-3-11/h4-7,11H,1-3,8-10H2,(H,18,21)(H3,17,19,20). The molecule has 1 aliphatic carbocycles. The number of hydrogen-bond donors (Lipinski definition) is 3. The van der Waals surface area contributed by atoms with Crippen molar-refractivity contribution in [2.24, 2.45) is 16.6 Å².